The molecule has 1 saturated heterocycles. The highest BCUT2D eigenvalue weighted by atomic mass is 32.2. The van der Waals surface area contributed by atoms with Gasteiger partial charge in [-0.1, -0.05) is 6.07 Å². The van der Waals surface area contributed by atoms with E-state index in [-0.39, 0.29) is 24.5 Å². The average Bonchev–Trinajstić information content (AvgIpc) is 2.61. The third-order valence-electron chi connectivity index (χ3n) is 4.14. The lowest BCUT2D eigenvalue weighted by Gasteiger charge is -2.26. The van der Waals surface area contributed by atoms with Gasteiger partial charge in [-0.15, -0.1) is 0 Å². The molecule has 0 spiro atoms. The Bertz CT molecular complexity index is 761. The number of anilines is 1. The van der Waals surface area contributed by atoms with E-state index in [1.54, 1.807) is 12.1 Å². The largest absolute Gasteiger partial charge is 0.480 e. The zero-order valence-corrected chi connectivity index (χ0v) is 15.5. The summed E-state index contributed by atoms with van der Waals surface area (Å²) < 4.78 is 31.8. The molecule has 2 N–H and O–H groups in total. The fourth-order valence-corrected chi connectivity index (χ4v) is 3.88. The molecule has 0 saturated carbocycles. The van der Waals surface area contributed by atoms with Gasteiger partial charge in [0.15, 0.2) is 0 Å². The molecule has 1 aliphatic rings. The lowest BCUT2D eigenvalue weighted by Crippen LogP contribution is -2.41. The molecule has 0 bridgehead atoms. The van der Waals surface area contributed by atoms with E-state index in [0.29, 0.717) is 18.9 Å². The average molecular weight is 385 g/mol. The number of morpholine rings is 1. The maximum atomic E-state index is 12.7. The standard InChI is InChI=1S/C16H23N3O6S/c1-12(16(21)22)18(2)11-15(20)17-13-4-3-5-14(10-13)26(23,24)19-6-8-25-9-7-19/h3-5,10,12H,6-9,11H2,1-2H3,(H,17,20)(H,21,22). The van der Waals surface area contributed by atoms with Crippen molar-refractivity contribution in [3.63, 3.8) is 0 Å². The minimum Gasteiger partial charge on any atom is -0.480 e. The van der Waals surface area contributed by atoms with Crippen molar-refractivity contribution in [1.82, 2.24) is 9.21 Å². The quantitative estimate of drug-likeness (QED) is 0.681. The highest BCUT2D eigenvalue weighted by molar-refractivity contribution is 7.89. The number of sulfonamides is 1. The maximum absolute atomic E-state index is 12.7. The van der Waals surface area contributed by atoms with Crippen LogP contribution in [0.15, 0.2) is 29.2 Å². The van der Waals surface area contributed by atoms with Crippen molar-refractivity contribution in [2.45, 2.75) is 17.9 Å². The number of aliphatic carboxylic acids is 1. The van der Waals surface area contributed by atoms with Crippen molar-refractivity contribution in [2.75, 3.05) is 45.2 Å². The summed E-state index contributed by atoms with van der Waals surface area (Å²) in [6.07, 6.45) is 0. The van der Waals surface area contributed by atoms with Crippen molar-refractivity contribution >= 4 is 27.6 Å². The van der Waals surface area contributed by atoms with Crippen molar-refractivity contribution < 1.29 is 27.9 Å². The zero-order valence-electron chi connectivity index (χ0n) is 14.7. The Labute approximate surface area is 152 Å². The van der Waals surface area contributed by atoms with E-state index in [0.717, 1.165) is 0 Å². The lowest BCUT2D eigenvalue weighted by atomic mass is 10.3. The Kier molecular flexibility index (Phi) is 6.70. The van der Waals surface area contributed by atoms with Gasteiger partial charge >= 0.3 is 5.97 Å². The summed E-state index contributed by atoms with van der Waals surface area (Å²) in [6, 6.07) is 5.18. The summed E-state index contributed by atoms with van der Waals surface area (Å²) in [4.78, 5) is 24.5. The van der Waals surface area contributed by atoms with Crippen LogP contribution >= 0.6 is 0 Å². The van der Waals surface area contributed by atoms with Crippen molar-refractivity contribution in [2.24, 2.45) is 0 Å². The molecule has 1 aromatic carbocycles. The van der Waals surface area contributed by atoms with E-state index in [9.17, 15) is 18.0 Å². The monoisotopic (exact) mass is 385 g/mol. The highest BCUT2D eigenvalue weighted by Gasteiger charge is 2.26. The van der Waals surface area contributed by atoms with Crippen LogP contribution in [0.25, 0.3) is 0 Å². The molecule has 26 heavy (non-hydrogen) atoms. The van der Waals surface area contributed by atoms with Crippen molar-refractivity contribution in [1.29, 1.82) is 0 Å². The van der Waals surface area contributed by atoms with E-state index in [1.165, 1.54) is 35.3 Å². The molecule has 1 fully saturated rings. The molecule has 1 aliphatic heterocycles. The fraction of sp³-hybridized carbons (Fsp3) is 0.500. The van der Waals surface area contributed by atoms with E-state index in [4.69, 9.17) is 9.84 Å². The molecule has 2 rings (SSSR count). The van der Waals surface area contributed by atoms with Gasteiger partial charge in [0, 0.05) is 18.8 Å². The Morgan fingerprint density at radius 2 is 2.00 bits per heavy atom. The molecule has 1 atom stereocenters. The maximum Gasteiger partial charge on any atom is 0.320 e. The van der Waals surface area contributed by atoms with Crippen LogP contribution < -0.4 is 5.32 Å². The SMILES string of the molecule is CC(C(=O)O)N(C)CC(=O)Nc1cccc(S(=O)(=O)N2CCOCC2)c1. The first kappa shape index (κ1) is 20.3. The lowest BCUT2D eigenvalue weighted by molar-refractivity contribution is -0.142. The Morgan fingerprint density at radius 3 is 2.62 bits per heavy atom. The van der Waals surface area contributed by atoms with Crippen LogP contribution in [-0.2, 0) is 24.3 Å². The van der Waals surface area contributed by atoms with Gasteiger partial charge in [0.05, 0.1) is 24.7 Å². The number of carboxylic acid groups (broad SMARTS) is 1. The van der Waals surface area contributed by atoms with Crippen LogP contribution in [0.1, 0.15) is 6.92 Å². The predicted octanol–water partition coefficient (Wildman–Crippen LogP) is 0.0509. The van der Waals surface area contributed by atoms with E-state index >= 15 is 0 Å². The second-order valence-corrected chi connectivity index (χ2v) is 7.96. The number of hydrogen-bond acceptors (Lipinski definition) is 6. The summed E-state index contributed by atoms with van der Waals surface area (Å²) in [5.41, 5.74) is 0.334. The first-order chi connectivity index (χ1) is 12.2. The van der Waals surface area contributed by atoms with E-state index in [1.807, 2.05) is 0 Å². The van der Waals surface area contributed by atoms with Crippen LogP contribution in [0.2, 0.25) is 0 Å². The molecule has 0 radical (unpaired) electrons. The number of nitrogens with one attached hydrogen (secondary N) is 1. The van der Waals surface area contributed by atoms with Crippen LogP contribution in [0, 0.1) is 0 Å². The van der Waals surface area contributed by atoms with E-state index in [2.05, 4.69) is 5.32 Å². The van der Waals surface area contributed by atoms with Crippen LogP contribution in [-0.4, -0.2) is 80.5 Å². The van der Waals surface area contributed by atoms with Crippen molar-refractivity contribution in [3.8, 4) is 0 Å². The highest BCUT2D eigenvalue weighted by Crippen LogP contribution is 2.20. The molecule has 1 amide bonds. The topological polar surface area (TPSA) is 116 Å². The summed E-state index contributed by atoms with van der Waals surface area (Å²) in [6.45, 7) is 2.63. The molecule has 1 aromatic rings. The normalized spacial score (nSPS) is 17.0. The number of hydrogen-bond donors (Lipinski definition) is 2. The van der Waals surface area contributed by atoms with E-state index < -0.39 is 27.9 Å². The third kappa shape index (κ3) is 5.01. The number of nitrogens with zero attached hydrogens (tertiary/aromatic N) is 2. The number of benzene rings is 1. The fourth-order valence-electron chi connectivity index (χ4n) is 2.42. The summed E-state index contributed by atoms with van der Waals surface area (Å²) in [5, 5.41) is 11.6. The zero-order chi connectivity index (χ0) is 19.3. The molecular formula is C16H23N3O6S. The van der Waals surface area contributed by atoms with Crippen LogP contribution in [0.4, 0.5) is 5.69 Å². The molecular weight excluding hydrogens is 362 g/mol. The minimum atomic E-state index is -3.65. The number of ether oxygens (including phenoxy) is 1. The smallest absolute Gasteiger partial charge is 0.320 e. The number of amides is 1. The van der Waals surface area contributed by atoms with Gasteiger partial charge in [0.25, 0.3) is 0 Å². The summed E-state index contributed by atoms with van der Waals surface area (Å²) in [5.74, 6) is -1.46. The van der Waals surface area contributed by atoms with Gasteiger partial charge in [-0.3, -0.25) is 14.5 Å². The Morgan fingerprint density at radius 1 is 1.35 bits per heavy atom. The summed E-state index contributed by atoms with van der Waals surface area (Å²) in [7, 11) is -2.13. The molecule has 9 nitrogen and oxygen atoms in total. The molecule has 0 aromatic heterocycles. The number of carbonyl (C=O) groups excluding carboxylic acids is 1. The molecule has 0 aliphatic carbocycles. The van der Waals surface area contributed by atoms with Gasteiger partial charge in [0.2, 0.25) is 15.9 Å². The summed E-state index contributed by atoms with van der Waals surface area (Å²) >= 11 is 0. The minimum absolute atomic E-state index is 0.0875. The molecule has 10 heteroatoms. The predicted molar refractivity (Wildman–Crippen MR) is 94.4 cm³/mol. The molecule has 144 valence electrons. The van der Waals surface area contributed by atoms with Gasteiger partial charge in [-0.2, -0.15) is 4.31 Å². The second-order valence-electron chi connectivity index (χ2n) is 6.02. The van der Waals surface area contributed by atoms with Gasteiger partial charge in [-0.25, -0.2) is 8.42 Å². The van der Waals surface area contributed by atoms with Gasteiger partial charge < -0.3 is 15.2 Å². The third-order valence-corrected chi connectivity index (χ3v) is 6.03. The van der Waals surface area contributed by atoms with Gasteiger partial charge in [0.1, 0.15) is 6.04 Å². The van der Waals surface area contributed by atoms with Crippen molar-refractivity contribution in [3.05, 3.63) is 24.3 Å². The number of carbonyl (C=O) groups is 2. The Hall–Kier alpha value is -2.01. The first-order valence-corrected chi connectivity index (χ1v) is 9.56. The molecule has 1 heterocycles. The van der Waals surface area contributed by atoms with Crippen LogP contribution in [0.5, 0.6) is 0 Å². The first-order valence-electron chi connectivity index (χ1n) is 8.12. The number of rotatable bonds is 7. The number of carboxylic acids is 1. The molecule has 1 unspecified atom stereocenters. The second kappa shape index (κ2) is 8.58. The van der Waals surface area contributed by atoms with Crippen LogP contribution in [0.3, 0.4) is 0 Å². The van der Waals surface area contributed by atoms with Gasteiger partial charge in [-0.05, 0) is 32.2 Å². The number of likely N-dealkylation sites (N-methyl/N-ethyl adjacent to an activating group) is 1. The Balaban J connectivity index is 2.07.